The van der Waals surface area contributed by atoms with Crippen molar-refractivity contribution >= 4 is 33.6 Å². The quantitative estimate of drug-likeness (QED) is 0.716. The molecule has 3 rings (SSSR count). The zero-order valence-corrected chi connectivity index (χ0v) is 18.3. The molecule has 31 heavy (non-hydrogen) atoms. The first-order chi connectivity index (χ1) is 14.8. The molecule has 2 amide bonds. The van der Waals surface area contributed by atoms with Crippen LogP contribution in [0.4, 0.5) is 5.69 Å². The number of para-hydroxylation sites is 1. The Kier molecular flexibility index (Phi) is 7.59. The number of carbonyl (C=O) groups excluding carboxylic acids is 2. The second kappa shape index (κ2) is 10.4. The van der Waals surface area contributed by atoms with Gasteiger partial charge in [0.1, 0.15) is 0 Å². The molecule has 1 aliphatic rings. The minimum Gasteiger partial charge on any atom is -0.336 e. The fourth-order valence-corrected chi connectivity index (χ4v) is 4.72. The highest BCUT2D eigenvalue weighted by atomic mass is 32.2. The van der Waals surface area contributed by atoms with E-state index in [4.69, 9.17) is 0 Å². The molecule has 0 unspecified atom stereocenters. The van der Waals surface area contributed by atoms with Crippen molar-refractivity contribution in [1.82, 2.24) is 9.21 Å². The Labute approximate surface area is 183 Å². The minimum absolute atomic E-state index is 0.0495. The molecular formula is C23H27N3O4S. The average Bonchev–Trinajstić information content (AvgIpc) is 2.78. The smallest absolute Gasteiger partial charge is 0.243 e. The number of sulfonamides is 1. The van der Waals surface area contributed by atoms with Crippen molar-refractivity contribution in [3.8, 4) is 0 Å². The van der Waals surface area contributed by atoms with Crippen molar-refractivity contribution in [1.29, 1.82) is 0 Å². The molecule has 0 aliphatic carbocycles. The van der Waals surface area contributed by atoms with Crippen molar-refractivity contribution in [3.05, 3.63) is 71.6 Å². The summed E-state index contributed by atoms with van der Waals surface area (Å²) >= 11 is 0. The second-order valence-corrected chi connectivity index (χ2v) is 9.36. The van der Waals surface area contributed by atoms with E-state index in [1.54, 1.807) is 25.3 Å². The minimum atomic E-state index is -3.54. The highest BCUT2D eigenvalue weighted by Gasteiger charge is 2.31. The van der Waals surface area contributed by atoms with Crippen LogP contribution in [0.5, 0.6) is 0 Å². The number of anilines is 1. The van der Waals surface area contributed by atoms with Gasteiger partial charge in [0.05, 0.1) is 6.54 Å². The van der Waals surface area contributed by atoms with E-state index >= 15 is 0 Å². The van der Waals surface area contributed by atoms with E-state index in [9.17, 15) is 18.0 Å². The summed E-state index contributed by atoms with van der Waals surface area (Å²) in [6.07, 6.45) is 2.44. The second-order valence-electron chi connectivity index (χ2n) is 7.54. The number of carbonyl (C=O) groups is 2. The summed E-state index contributed by atoms with van der Waals surface area (Å²) in [5.41, 5.74) is 1.49. The number of nitrogens with one attached hydrogen (secondary N) is 1. The van der Waals surface area contributed by atoms with Gasteiger partial charge in [-0.05, 0) is 36.6 Å². The van der Waals surface area contributed by atoms with Crippen LogP contribution in [-0.2, 0) is 19.6 Å². The van der Waals surface area contributed by atoms with Gasteiger partial charge in [-0.1, -0.05) is 48.5 Å². The first kappa shape index (κ1) is 22.7. The third kappa shape index (κ3) is 6.50. The van der Waals surface area contributed by atoms with E-state index in [0.717, 1.165) is 5.56 Å². The highest BCUT2D eigenvalue weighted by Crippen LogP contribution is 2.22. The predicted molar refractivity (Wildman–Crippen MR) is 121 cm³/mol. The van der Waals surface area contributed by atoms with Gasteiger partial charge in [0, 0.05) is 37.2 Å². The summed E-state index contributed by atoms with van der Waals surface area (Å²) in [6.45, 7) is 0.510. The zero-order chi connectivity index (χ0) is 22.3. The number of rotatable bonds is 7. The summed E-state index contributed by atoms with van der Waals surface area (Å²) < 4.78 is 26.6. The number of amides is 2. The maximum Gasteiger partial charge on any atom is 0.243 e. The lowest BCUT2D eigenvalue weighted by atomic mass is 9.96. The van der Waals surface area contributed by atoms with Crippen molar-refractivity contribution in [2.75, 3.05) is 32.0 Å². The third-order valence-corrected chi connectivity index (χ3v) is 6.77. The van der Waals surface area contributed by atoms with Crippen LogP contribution in [0.15, 0.2) is 66.1 Å². The zero-order valence-electron chi connectivity index (χ0n) is 17.5. The number of likely N-dealkylation sites (N-methyl/N-ethyl adjacent to an activating group) is 1. The summed E-state index contributed by atoms with van der Waals surface area (Å²) in [4.78, 5) is 26.3. The topological polar surface area (TPSA) is 86.8 Å². The van der Waals surface area contributed by atoms with Crippen LogP contribution in [0.2, 0.25) is 0 Å². The molecule has 0 saturated carbocycles. The molecule has 1 aliphatic heterocycles. The summed E-state index contributed by atoms with van der Waals surface area (Å²) in [7, 11) is -1.94. The molecule has 7 nitrogen and oxygen atoms in total. The summed E-state index contributed by atoms with van der Waals surface area (Å²) in [5, 5.41) is 3.97. The number of hydrogen-bond acceptors (Lipinski definition) is 4. The van der Waals surface area contributed by atoms with Crippen LogP contribution >= 0.6 is 0 Å². The van der Waals surface area contributed by atoms with E-state index in [1.807, 2.05) is 48.5 Å². The van der Waals surface area contributed by atoms with Crippen molar-refractivity contribution in [3.63, 3.8) is 0 Å². The Bertz CT molecular complexity index is 1020. The fourth-order valence-electron chi connectivity index (χ4n) is 3.50. The summed E-state index contributed by atoms with van der Waals surface area (Å²) in [5.74, 6) is -0.702. The van der Waals surface area contributed by atoms with Gasteiger partial charge in [0.2, 0.25) is 21.8 Å². The van der Waals surface area contributed by atoms with E-state index in [-0.39, 0.29) is 37.4 Å². The van der Waals surface area contributed by atoms with Crippen LogP contribution in [0, 0.1) is 5.92 Å². The molecule has 1 saturated heterocycles. The Balaban J connectivity index is 1.49. The lowest BCUT2D eigenvalue weighted by Crippen LogP contribution is -2.44. The Morgan fingerprint density at radius 3 is 2.23 bits per heavy atom. The van der Waals surface area contributed by atoms with Crippen LogP contribution in [0.1, 0.15) is 18.4 Å². The fraction of sp³-hybridized carbons (Fsp3) is 0.304. The number of piperidine rings is 1. The van der Waals surface area contributed by atoms with Gasteiger partial charge in [-0.15, -0.1) is 0 Å². The SMILES string of the molecule is CN(CC(=O)Nc1ccccc1)C(=O)C1CCN(S(=O)(=O)/C=C/c2ccccc2)CC1. The maximum absolute atomic E-state index is 12.7. The standard InChI is InChI=1S/C23H27N3O4S/c1-25(18-22(27)24-21-10-6-3-7-11-21)23(28)20-12-15-26(16-13-20)31(29,30)17-14-19-8-4-2-5-9-19/h2-11,14,17,20H,12-13,15-16,18H2,1H3,(H,24,27)/b17-14+. The monoisotopic (exact) mass is 441 g/mol. The molecule has 1 N–H and O–H groups in total. The Morgan fingerprint density at radius 2 is 1.61 bits per heavy atom. The predicted octanol–water partition coefficient (Wildman–Crippen LogP) is 2.80. The van der Waals surface area contributed by atoms with Gasteiger partial charge in [-0.3, -0.25) is 9.59 Å². The number of hydrogen-bond donors (Lipinski definition) is 1. The number of benzene rings is 2. The molecule has 8 heteroatoms. The van der Waals surface area contributed by atoms with E-state index < -0.39 is 10.0 Å². The van der Waals surface area contributed by atoms with Gasteiger partial charge < -0.3 is 10.2 Å². The lowest BCUT2D eigenvalue weighted by Gasteiger charge is -2.31. The van der Waals surface area contributed by atoms with Gasteiger partial charge in [0.15, 0.2) is 0 Å². The molecule has 0 bridgehead atoms. The van der Waals surface area contributed by atoms with Crippen molar-refractivity contribution in [2.45, 2.75) is 12.8 Å². The molecule has 164 valence electrons. The maximum atomic E-state index is 12.7. The molecule has 0 spiro atoms. The van der Waals surface area contributed by atoms with Gasteiger partial charge >= 0.3 is 0 Å². The first-order valence-electron chi connectivity index (χ1n) is 10.2. The lowest BCUT2D eigenvalue weighted by molar-refractivity contribution is -0.138. The Morgan fingerprint density at radius 1 is 1.03 bits per heavy atom. The molecule has 1 heterocycles. The van der Waals surface area contributed by atoms with Crippen LogP contribution < -0.4 is 5.32 Å². The number of nitrogens with zero attached hydrogens (tertiary/aromatic N) is 2. The van der Waals surface area contributed by atoms with Crippen LogP contribution in [0.25, 0.3) is 6.08 Å². The van der Waals surface area contributed by atoms with Crippen LogP contribution in [-0.4, -0.2) is 56.1 Å². The van der Waals surface area contributed by atoms with E-state index in [1.165, 1.54) is 14.6 Å². The van der Waals surface area contributed by atoms with E-state index in [2.05, 4.69) is 5.32 Å². The normalized spacial score (nSPS) is 15.6. The summed E-state index contributed by atoms with van der Waals surface area (Å²) in [6, 6.07) is 18.3. The highest BCUT2D eigenvalue weighted by molar-refractivity contribution is 7.92. The molecule has 1 fully saturated rings. The third-order valence-electron chi connectivity index (χ3n) is 5.21. The largest absolute Gasteiger partial charge is 0.336 e. The van der Waals surface area contributed by atoms with Crippen LogP contribution in [0.3, 0.4) is 0 Å². The molecule has 0 radical (unpaired) electrons. The van der Waals surface area contributed by atoms with Gasteiger partial charge in [-0.25, -0.2) is 8.42 Å². The van der Waals surface area contributed by atoms with E-state index in [0.29, 0.717) is 18.5 Å². The Hall–Kier alpha value is -2.97. The molecule has 0 atom stereocenters. The molecule has 0 aromatic heterocycles. The molecule has 2 aromatic rings. The average molecular weight is 442 g/mol. The molecule has 2 aromatic carbocycles. The van der Waals surface area contributed by atoms with Gasteiger partial charge in [-0.2, -0.15) is 4.31 Å². The first-order valence-corrected chi connectivity index (χ1v) is 11.7. The molecular weight excluding hydrogens is 414 g/mol. The van der Waals surface area contributed by atoms with Gasteiger partial charge in [0.25, 0.3) is 0 Å². The van der Waals surface area contributed by atoms with Crippen molar-refractivity contribution < 1.29 is 18.0 Å². The van der Waals surface area contributed by atoms with Crippen molar-refractivity contribution in [2.24, 2.45) is 5.92 Å².